The van der Waals surface area contributed by atoms with Crippen LogP contribution in [0.3, 0.4) is 0 Å². The van der Waals surface area contributed by atoms with E-state index in [2.05, 4.69) is 0 Å². The molecule has 0 aliphatic heterocycles. The zero-order chi connectivity index (χ0) is 20.2. The summed E-state index contributed by atoms with van der Waals surface area (Å²) in [4.78, 5) is 29.6. The lowest BCUT2D eigenvalue weighted by molar-refractivity contribution is -0.133. The van der Waals surface area contributed by atoms with Gasteiger partial charge in [-0.05, 0) is 42.7 Å². The minimum atomic E-state index is -0.218. The maximum Gasteiger partial charge on any atom is 0.290 e. The molecule has 1 aliphatic rings. The summed E-state index contributed by atoms with van der Waals surface area (Å²) in [5, 5.41) is 0. The highest BCUT2D eigenvalue weighted by Gasteiger charge is 2.36. The average molecular weight is 391 g/mol. The molecule has 2 heterocycles. The number of nitrogens with zero attached hydrogens (tertiary/aromatic N) is 3. The molecule has 0 bridgehead atoms. The van der Waals surface area contributed by atoms with E-state index in [1.165, 1.54) is 6.26 Å². The standard InChI is InChI=1S/C23H25N3O3/c1-24-13-5-9-20(24)16-25(15-18-7-3-2-4-8-18)22(27)17-26(19-11-12-19)23(28)21-10-6-14-29-21/h2-10,13-14,19H,11-12,15-17H2,1H3. The molecule has 4 rings (SSSR count). The van der Waals surface area contributed by atoms with Crippen molar-refractivity contribution < 1.29 is 14.0 Å². The summed E-state index contributed by atoms with van der Waals surface area (Å²) in [6.45, 7) is 1.05. The van der Waals surface area contributed by atoms with Crippen LogP contribution in [-0.4, -0.2) is 38.8 Å². The van der Waals surface area contributed by atoms with Gasteiger partial charge in [-0.1, -0.05) is 30.3 Å². The summed E-state index contributed by atoms with van der Waals surface area (Å²) in [5.74, 6) is -0.00650. The first-order valence-electron chi connectivity index (χ1n) is 9.88. The van der Waals surface area contributed by atoms with Crippen LogP contribution in [0.5, 0.6) is 0 Å². The number of hydrogen-bond acceptors (Lipinski definition) is 3. The molecule has 0 N–H and O–H groups in total. The van der Waals surface area contributed by atoms with Gasteiger partial charge in [0.15, 0.2) is 5.76 Å². The predicted molar refractivity (Wildman–Crippen MR) is 109 cm³/mol. The molecular weight excluding hydrogens is 366 g/mol. The van der Waals surface area contributed by atoms with E-state index in [1.807, 2.05) is 65.2 Å². The van der Waals surface area contributed by atoms with Crippen molar-refractivity contribution in [2.45, 2.75) is 32.0 Å². The first kappa shape index (κ1) is 19.1. The van der Waals surface area contributed by atoms with Crippen molar-refractivity contribution in [3.05, 3.63) is 84.1 Å². The number of aryl methyl sites for hydroxylation is 1. The van der Waals surface area contributed by atoms with Crippen molar-refractivity contribution in [3.63, 3.8) is 0 Å². The van der Waals surface area contributed by atoms with Gasteiger partial charge in [-0.3, -0.25) is 9.59 Å². The zero-order valence-corrected chi connectivity index (χ0v) is 16.5. The molecule has 0 radical (unpaired) electrons. The Balaban J connectivity index is 1.53. The Morgan fingerprint density at radius 3 is 2.45 bits per heavy atom. The third-order valence-corrected chi connectivity index (χ3v) is 5.26. The molecule has 6 heteroatoms. The van der Waals surface area contributed by atoms with Gasteiger partial charge in [0.25, 0.3) is 5.91 Å². The lowest BCUT2D eigenvalue weighted by Gasteiger charge is -2.27. The number of rotatable bonds is 8. The second-order valence-electron chi connectivity index (χ2n) is 7.49. The SMILES string of the molecule is Cn1cccc1CN(Cc1ccccc1)C(=O)CN(C(=O)c1ccco1)C1CC1. The van der Waals surface area contributed by atoms with Gasteiger partial charge >= 0.3 is 0 Å². The molecule has 29 heavy (non-hydrogen) atoms. The molecule has 2 aromatic heterocycles. The summed E-state index contributed by atoms with van der Waals surface area (Å²) in [5.41, 5.74) is 2.11. The summed E-state index contributed by atoms with van der Waals surface area (Å²) in [6.07, 6.45) is 5.31. The van der Waals surface area contributed by atoms with E-state index in [-0.39, 0.29) is 30.2 Å². The van der Waals surface area contributed by atoms with E-state index in [0.717, 1.165) is 24.1 Å². The Hall–Kier alpha value is -3.28. The first-order chi connectivity index (χ1) is 14.1. The van der Waals surface area contributed by atoms with E-state index in [1.54, 1.807) is 17.0 Å². The van der Waals surface area contributed by atoms with Crippen LogP contribution in [0, 0.1) is 0 Å². The van der Waals surface area contributed by atoms with Crippen molar-refractivity contribution in [2.75, 3.05) is 6.54 Å². The molecule has 150 valence electrons. The monoisotopic (exact) mass is 391 g/mol. The summed E-state index contributed by atoms with van der Waals surface area (Å²) < 4.78 is 7.29. The normalized spacial score (nSPS) is 13.3. The molecule has 0 atom stereocenters. The Labute approximate surface area is 170 Å². The fourth-order valence-corrected chi connectivity index (χ4v) is 3.43. The zero-order valence-electron chi connectivity index (χ0n) is 16.5. The quantitative estimate of drug-likeness (QED) is 0.591. The number of carbonyl (C=O) groups is 2. The van der Waals surface area contributed by atoms with Crippen molar-refractivity contribution in [1.29, 1.82) is 0 Å². The smallest absolute Gasteiger partial charge is 0.290 e. The number of hydrogen-bond donors (Lipinski definition) is 0. The molecule has 0 spiro atoms. The second-order valence-corrected chi connectivity index (χ2v) is 7.49. The van der Waals surface area contributed by atoms with E-state index in [0.29, 0.717) is 13.1 Å². The Morgan fingerprint density at radius 1 is 1.03 bits per heavy atom. The Morgan fingerprint density at radius 2 is 1.83 bits per heavy atom. The fourth-order valence-electron chi connectivity index (χ4n) is 3.43. The maximum absolute atomic E-state index is 13.3. The molecule has 1 aliphatic carbocycles. The van der Waals surface area contributed by atoms with Crippen LogP contribution in [0.25, 0.3) is 0 Å². The van der Waals surface area contributed by atoms with Gasteiger partial charge in [0.1, 0.15) is 6.54 Å². The number of furan rings is 1. The van der Waals surface area contributed by atoms with Crippen molar-refractivity contribution in [2.24, 2.45) is 7.05 Å². The van der Waals surface area contributed by atoms with E-state index < -0.39 is 0 Å². The van der Waals surface area contributed by atoms with Crippen LogP contribution < -0.4 is 0 Å². The average Bonchev–Trinajstić information content (AvgIpc) is 3.26. The highest BCUT2D eigenvalue weighted by Crippen LogP contribution is 2.28. The third kappa shape index (κ3) is 4.59. The van der Waals surface area contributed by atoms with Gasteiger partial charge in [0, 0.05) is 31.5 Å². The lowest BCUT2D eigenvalue weighted by atomic mass is 10.2. The first-order valence-corrected chi connectivity index (χ1v) is 9.88. The second kappa shape index (κ2) is 8.39. The molecule has 1 saturated carbocycles. The third-order valence-electron chi connectivity index (χ3n) is 5.26. The number of aromatic nitrogens is 1. The van der Waals surface area contributed by atoms with Crippen LogP contribution in [0.2, 0.25) is 0 Å². The van der Waals surface area contributed by atoms with Gasteiger partial charge < -0.3 is 18.8 Å². The fraction of sp³-hybridized carbons (Fsp3) is 0.304. The largest absolute Gasteiger partial charge is 0.459 e. The van der Waals surface area contributed by atoms with Gasteiger partial charge in [-0.25, -0.2) is 0 Å². The van der Waals surface area contributed by atoms with E-state index >= 15 is 0 Å². The highest BCUT2D eigenvalue weighted by molar-refractivity contribution is 5.94. The van der Waals surface area contributed by atoms with Gasteiger partial charge in [-0.15, -0.1) is 0 Å². The van der Waals surface area contributed by atoms with Crippen LogP contribution in [0.15, 0.2) is 71.5 Å². The lowest BCUT2D eigenvalue weighted by Crippen LogP contribution is -2.43. The molecule has 6 nitrogen and oxygen atoms in total. The summed E-state index contributed by atoms with van der Waals surface area (Å²) >= 11 is 0. The molecule has 1 aromatic carbocycles. The number of benzene rings is 1. The summed E-state index contributed by atoms with van der Waals surface area (Å²) in [6, 6.07) is 17.4. The van der Waals surface area contributed by atoms with Crippen molar-refractivity contribution >= 4 is 11.8 Å². The highest BCUT2D eigenvalue weighted by atomic mass is 16.3. The molecule has 0 unspecified atom stereocenters. The van der Waals surface area contributed by atoms with Crippen LogP contribution >= 0.6 is 0 Å². The molecule has 3 aromatic rings. The molecular formula is C23H25N3O3. The maximum atomic E-state index is 13.3. The Bertz CT molecular complexity index is 958. The Kier molecular flexibility index (Phi) is 5.51. The summed E-state index contributed by atoms with van der Waals surface area (Å²) in [7, 11) is 1.97. The molecule has 1 fully saturated rings. The van der Waals surface area contributed by atoms with Crippen LogP contribution in [0.4, 0.5) is 0 Å². The molecule has 0 saturated heterocycles. The number of amides is 2. The van der Waals surface area contributed by atoms with Gasteiger partial charge in [0.05, 0.1) is 12.8 Å². The minimum absolute atomic E-state index is 0.0570. The molecule has 2 amide bonds. The minimum Gasteiger partial charge on any atom is -0.459 e. The van der Waals surface area contributed by atoms with Gasteiger partial charge in [0.2, 0.25) is 5.91 Å². The van der Waals surface area contributed by atoms with Crippen molar-refractivity contribution in [1.82, 2.24) is 14.4 Å². The topological polar surface area (TPSA) is 58.7 Å². The van der Waals surface area contributed by atoms with E-state index in [9.17, 15) is 9.59 Å². The van der Waals surface area contributed by atoms with Crippen LogP contribution in [0.1, 0.15) is 34.7 Å². The van der Waals surface area contributed by atoms with E-state index in [4.69, 9.17) is 4.42 Å². The van der Waals surface area contributed by atoms with Crippen molar-refractivity contribution in [3.8, 4) is 0 Å². The predicted octanol–water partition coefficient (Wildman–Crippen LogP) is 3.45. The van der Waals surface area contributed by atoms with Gasteiger partial charge in [-0.2, -0.15) is 0 Å². The van der Waals surface area contributed by atoms with Crippen LogP contribution in [-0.2, 0) is 24.9 Å². The number of carbonyl (C=O) groups excluding carboxylic acids is 2.